The van der Waals surface area contributed by atoms with E-state index in [-0.39, 0.29) is 12.2 Å². The van der Waals surface area contributed by atoms with E-state index >= 15 is 0 Å². The number of carbonyl (C=O) groups excluding carboxylic acids is 2. The number of primary amides is 1. The Morgan fingerprint density at radius 1 is 1.02 bits per heavy atom. The van der Waals surface area contributed by atoms with Crippen LogP contribution in [-0.4, -0.2) is 54.2 Å². The molecule has 50 heavy (non-hydrogen) atoms. The van der Waals surface area contributed by atoms with Crippen molar-refractivity contribution < 1.29 is 23.4 Å². The van der Waals surface area contributed by atoms with Gasteiger partial charge in [-0.2, -0.15) is 0 Å². The third-order valence-electron chi connectivity index (χ3n) is 9.76. The zero-order valence-corrected chi connectivity index (χ0v) is 32.0. The van der Waals surface area contributed by atoms with Crippen molar-refractivity contribution in [3.8, 4) is 17.1 Å². The minimum atomic E-state index is 0.0350. The summed E-state index contributed by atoms with van der Waals surface area (Å²) in [6.07, 6.45) is 18.3. The molecule has 0 unspecified atom stereocenters. The van der Waals surface area contributed by atoms with E-state index in [1.165, 1.54) is 62.7 Å². The number of amides is 1. The van der Waals surface area contributed by atoms with Gasteiger partial charge in [-0.3, -0.25) is 9.59 Å². The minimum Gasteiger partial charge on any atom is -0.496 e. The quantitative estimate of drug-likeness (QED) is 0.0767. The van der Waals surface area contributed by atoms with Crippen LogP contribution in [0.3, 0.4) is 0 Å². The van der Waals surface area contributed by atoms with E-state index in [9.17, 15) is 4.79 Å². The SMILES string of the molecule is CC.CCC(C)=C(C)/C=C\c1cc(-c2cc(CCCCCCC(=O)c3ccon3)no2)c(OC)cc1C.CCN1CCC2(CC1)CC2.NC=O. The monoisotopic (exact) mass is 690 g/mol. The molecule has 3 heterocycles. The number of hydrogen-bond donors (Lipinski definition) is 1. The fourth-order valence-corrected chi connectivity index (χ4v) is 5.88. The van der Waals surface area contributed by atoms with E-state index in [4.69, 9.17) is 18.6 Å². The number of Topliss-reactive ketones (excluding diaryl/α,β-unsaturated/α-hetero) is 1. The molecule has 1 aliphatic heterocycles. The molecule has 0 atom stereocenters. The van der Waals surface area contributed by atoms with Crippen LogP contribution in [0.5, 0.6) is 5.75 Å². The van der Waals surface area contributed by atoms with Crippen LogP contribution in [0.1, 0.15) is 133 Å². The number of aromatic nitrogens is 2. The molecule has 1 spiro atoms. The molecule has 2 aliphatic rings. The molecular weight excluding hydrogens is 628 g/mol. The lowest BCUT2D eigenvalue weighted by Gasteiger charge is -2.30. The van der Waals surface area contributed by atoms with Crippen LogP contribution in [0.4, 0.5) is 0 Å². The van der Waals surface area contributed by atoms with E-state index in [1.807, 2.05) is 26.0 Å². The van der Waals surface area contributed by atoms with Crippen molar-refractivity contribution in [2.24, 2.45) is 11.1 Å². The number of methoxy groups -OCH3 is 1. The van der Waals surface area contributed by atoms with Gasteiger partial charge in [-0.05, 0) is 120 Å². The standard InChI is InChI=1S/C29H36N2O4.C9H17N.C2H6.CH3NO/c1-6-20(2)21(3)13-14-23-18-25(28(33-5)17-22(23)4)29-19-24(30-35-29)11-9-7-8-10-12-27(32)26-15-16-34-31-26;1-2-10-7-5-9(3-4-9)6-8-10;1-2;2-1-3/h13-19H,6-12H2,1-5H3;2-8H2,1H3;1-2H3;1H,(H2,2,3)/b14-13-,21-20?;;;. The molecule has 1 aromatic carbocycles. The Bertz CT molecular complexity index is 1470. The van der Waals surface area contributed by atoms with Crippen LogP contribution in [0.25, 0.3) is 17.4 Å². The molecule has 2 N–H and O–H groups in total. The summed E-state index contributed by atoms with van der Waals surface area (Å²) in [6, 6.07) is 7.76. The van der Waals surface area contributed by atoms with Gasteiger partial charge in [-0.1, -0.05) is 74.1 Å². The maximum absolute atomic E-state index is 12.0. The molecule has 0 radical (unpaired) electrons. The number of ether oxygens (including phenoxy) is 1. The van der Waals surface area contributed by atoms with Gasteiger partial charge >= 0.3 is 0 Å². The number of aryl methyl sites for hydroxylation is 2. The Morgan fingerprint density at radius 2 is 1.70 bits per heavy atom. The predicted octanol–water partition coefficient (Wildman–Crippen LogP) is 9.79. The first-order valence-corrected chi connectivity index (χ1v) is 18.5. The van der Waals surface area contributed by atoms with Gasteiger partial charge in [0.25, 0.3) is 0 Å². The Labute approximate surface area is 300 Å². The second kappa shape index (κ2) is 22.7. The van der Waals surface area contributed by atoms with Crippen LogP contribution >= 0.6 is 0 Å². The van der Waals surface area contributed by atoms with Crippen molar-refractivity contribution >= 4 is 18.3 Å². The number of nitrogens with zero attached hydrogens (tertiary/aromatic N) is 3. The molecule has 9 heteroatoms. The lowest BCUT2D eigenvalue weighted by atomic mass is 9.94. The number of carbonyl (C=O) groups is 2. The first-order valence-electron chi connectivity index (χ1n) is 18.5. The lowest BCUT2D eigenvalue weighted by molar-refractivity contribution is -0.106. The van der Waals surface area contributed by atoms with E-state index in [0.29, 0.717) is 17.9 Å². The highest BCUT2D eigenvalue weighted by Gasteiger charge is 2.43. The number of rotatable bonds is 14. The van der Waals surface area contributed by atoms with Crippen molar-refractivity contribution in [1.82, 2.24) is 15.2 Å². The fourth-order valence-electron chi connectivity index (χ4n) is 5.88. The molecule has 2 aromatic heterocycles. The molecule has 2 fully saturated rings. The molecule has 1 aliphatic carbocycles. The van der Waals surface area contributed by atoms with Crippen LogP contribution in [-0.2, 0) is 11.2 Å². The van der Waals surface area contributed by atoms with Crippen LogP contribution < -0.4 is 10.5 Å². The zero-order chi connectivity index (χ0) is 36.9. The van der Waals surface area contributed by atoms with Crippen molar-refractivity contribution in [3.05, 3.63) is 70.3 Å². The second-order valence-corrected chi connectivity index (χ2v) is 13.0. The van der Waals surface area contributed by atoms with Gasteiger partial charge in [0, 0.05) is 18.6 Å². The Balaban J connectivity index is 0.000000477. The highest BCUT2D eigenvalue weighted by molar-refractivity contribution is 5.93. The molecule has 1 saturated carbocycles. The normalized spacial score (nSPS) is 15.1. The maximum atomic E-state index is 12.0. The molecule has 9 nitrogen and oxygen atoms in total. The maximum Gasteiger partial charge on any atom is 0.204 e. The van der Waals surface area contributed by atoms with E-state index < -0.39 is 0 Å². The van der Waals surface area contributed by atoms with Crippen LogP contribution in [0.2, 0.25) is 0 Å². The molecule has 276 valence electrons. The number of hydrogen-bond acceptors (Lipinski definition) is 8. The number of allylic oxidation sites excluding steroid dienone is 3. The third-order valence-corrected chi connectivity index (χ3v) is 9.76. The summed E-state index contributed by atoms with van der Waals surface area (Å²) in [7, 11) is 1.68. The van der Waals surface area contributed by atoms with Crippen molar-refractivity contribution in [3.63, 3.8) is 0 Å². The summed E-state index contributed by atoms with van der Waals surface area (Å²) >= 11 is 0. The van der Waals surface area contributed by atoms with E-state index in [0.717, 1.165) is 72.1 Å². The van der Waals surface area contributed by atoms with Gasteiger partial charge in [-0.25, -0.2) is 0 Å². The van der Waals surface area contributed by atoms with Gasteiger partial charge < -0.3 is 24.4 Å². The molecule has 5 rings (SSSR count). The first-order chi connectivity index (χ1) is 24.2. The van der Waals surface area contributed by atoms with Crippen LogP contribution in [0.15, 0.2) is 56.8 Å². The Kier molecular flexibility index (Phi) is 19.1. The summed E-state index contributed by atoms with van der Waals surface area (Å²) in [6.45, 7) is 18.8. The van der Waals surface area contributed by atoms with Gasteiger partial charge in [0.05, 0.1) is 18.4 Å². The average molecular weight is 691 g/mol. The van der Waals surface area contributed by atoms with Crippen LogP contribution in [0, 0.1) is 12.3 Å². The summed E-state index contributed by atoms with van der Waals surface area (Å²) in [5.41, 5.74) is 12.2. The summed E-state index contributed by atoms with van der Waals surface area (Å²) in [5, 5.41) is 7.97. The van der Waals surface area contributed by atoms with E-state index in [2.05, 4.69) is 73.8 Å². The van der Waals surface area contributed by atoms with Gasteiger partial charge in [-0.15, -0.1) is 0 Å². The summed E-state index contributed by atoms with van der Waals surface area (Å²) in [4.78, 5) is 23.1. The molecule has 1 amide bonds. The summed E-state index contributed by atoms with van der Waals surface area (Å²) in [5.74, 6) is 1.52. The number of ketones is 1. The number of benzene rings is 1. The largest absolute Gasteiger partial charge is 0.496 e. The number of nitrogens with two attached hydrogens (primary N) is 1. The van der Waals surface area contributed by atoms with Gasteiger partial charge in [0.15, 0.2) is 11.5 Å². The molecular formula is C41H62N4O5. The number of likely N-dealkylation sites (tertiary alicyclic amines) is 1. The number of unbranched alkanes of at least 4 members (excludes halogenated alkanes) is 3. The average Bonchev–Trinajstić information content (AvgIpc) is 3.48. The fraction of sp³-hybridized carbons (Fsp3) is 0.561. The Morgan fingerprint density at radius 3 is 2.28 bits per heavy atom. The summed E-state index contributed by atoms with van der Waals surface area (Å²) < 4.78 is 16.1. The highest BCUT2D eigenvalue weighted by atomic mass is 16.5. The molecule has 3 aromatic rings. The predicted molar refractivity (Wildman–Crippen MR) is 203 cm³/mol. The van der Waals surface area contributed by atoms with Crippen molar-refractivity contribution in [2.75, 3.05) is 26.7 Å². The van der Waals surface area contributed by atoms with E-state index in [1.54, 1.807) is 13.2 Å². The minimum absolute atomic E-state index is 0.0350. The Hall–Kier alpha value is -3.98. The zero-order valence-electron chi connectivity index (χ0n) is 32.0. The first kappa shape index (κ1) is 42.2. The molecule has 1 saturated heterocycles. The van der Waals surface area contributed by atoms with Gasteiger partial charge in [0.1, 0.15) is 17.7 Å². The highest BCUT2D eigenvalue weighted by Crippen LogP contribution is 2.53. The van der Waals surface area contributed by atoms with Crippen molar-refractivity contribution in [1.29, 1.82) is 0 Å². The van der Waals surface area contributed by atoms with Gasteiger partial charge in [0.2, 0.25) is 6.41 Å². The third kappa shape index (κ3) is 13.7. The smallest absolute Gasteiger partial charge is 0.204 e. The lowest BCUT2D eigenvalue weighted by Crippen LogP contribution is -2.34. The van der Waals surface area contributed by atoms with Crippen molar-refractivity contribution in [2.45, 2.75) is 119 Å². The molecule has 0 bridgehead atoms. The topological polar surface area (TPSA) is 125 Å². The second-order valence-electron chi connectivity index (χ2n) is 13.0. The number of piperidine rings is 1.